The van der Waals surface area contributed by atoms with Gasteiger partial charge in [-0.25, -0.2) is 9.97 Å². The molecule has 0 N–H and O–H groups in total. The lowest BCUT2D eigenvalue weighted by atomic mass is 10.3. The molecule has 96 valence electrons. The summed E-state index contributed by atoms with van der Waals surface area (Å²) in [4.78, 5) is 10.4. The molecule has 0 fully saturated rings. The number of methoxy groups -OCH3 is 1. The lowest BCUT2D eigenvalue weighted by Gasteiger charge is -2.07. The Morgan fingerprint density at radius 1 is 1.21 bits per heavy atom. The van der Waals surface area contributed by atoms with Gasteiger partial charge in [0.15, 0.2) is 0 Å². The maximum Gasteiger partial charge on any atom is 0.224 e. The minimum absolute atomic E-state index is 0.271. The normalized spacial score (nSPS) is 10.8. The summed E-state index contributed by atoms with van der Waals surface area (Å²) in [6, 6.07) is 9.84. The largest absolute Gasteiger partial charge is 0.496 e. The Balaban J connectivity index is 2.07. The Morgan fingerprint density at radius 3 is 2.89 bits per heavy atom. The van der Waals surface area contributed by atoms with Gasteiger partial charge in [0.1, 0.15) is 15.6 Å². The molecule has 2 heterocycles. The van der Waals surface area contributed by atoms with Gasteiger partial charge in [-0.2, -0.15) is 0 Å². The fraction of sp³-hybridized carbons (Fsp3) is 0.0769. The van der Waals surface area contributed by atoms with Crippen molar-refractivity contribution in [2.75, 3.05) is 7.11 Å². The topological polar surface area (TPSA) is 35.0 Å². The van der Waals surface area contributed by atoms with Crippen LogP contribution in [0.25, 0.3) is 10.2 Å². The zero-order chi connectivity index (χ0) is 13.2. The molecule has 0 aliphatic rings. The van der Waals surface area contributed by atoms with Gasteiger partial charge in [0.25, 0.3) is 0 Å². The fourth-order valence-corrected chi connectivity index (χ4v) is 3.80. The van der Waals surface area contributed by atoms with E-state index in [0.717, 1.165) is 25.9 Å². The summed E-state index contributed by atoms with van der Waals surface area (Å²) < 4.78 is 5.35. The van der Waals surface area contributed by atoms with Gasteiger partial charge in [0.05, 0.1) is 12.0 Å². The highest BCUT2D eigenvalue weighted by atomic mass is 35.5. The van der Waals surface area contributed by atoms with Crippen molar-refractivity contribution < 1.29 is 4.74 Å². The molecule has 0 amide bonds. The first kappa shape index (κ1) is 12.7. The average molecular weight is 309 g/mol. The predicted octanol–water partition coefficient (Wildman–Crippen LogP) is 4.50. The highest BCUT2D eigenvalue weighted by Gasteiger charge is 2.11. The molecule has 0 saturated heterocycles. The van der Waals surface area contributed by atoms with Crippen LogP contribution in [0.4, 0.5) is 0 Å². The van der Waals surface area contributed by atoms with E-state index in [1.807, 2.05) is 35.7 Å². The Kier molecular flexibility index (Phi) is 3.59. The van der Waals surface area contributed by atoms with E-state index in [9.17, 15) is 0 Å². The van der Waals surface area contributed by atoms with Gasteiger partial charge in [-0.15, -0.1) is 11.3 Å². The summed E-state index contributed by atoms with van der Waals surface area (Å²) in [6.45, 7) is 0. The van der Waals surface area contributed by atoms with E-state index in [-0.39, 0.29) is 5.28 Å². The summed E-state index contributed by atoms with van der Waals surface area (Å²) in [5.41, 5.74) is 0. The first-order valence-electron chi connectivity index (χ1n) is 5.49. The van der Waals surface area contributed by atoms with Crippen LogP contribution in [0.5, 0.6) is 5.75 Å². The van der Waals surface area contributed by atoms with Crippen molar-refractivity contribution in [1.29, 1.82) is 0 Å². The first-order valence-corrected chi connectivity index (χ1v) is 7.57. The van der Waals surface area contributed by atoms with Crippen LogP contribution in [0.1, 0.15) is 0 Å². The molecule has 3 rings (SSSR count). The van der Waals surface area contributed by atoms with Crippen molar-refractivity contribution in [2.24, 2.45) is 0 Å². The van der Waals surface area contributed by atoms with Crippen LogP contribution in [0.2, 0.25) is 5.28 Å². The van der Waals surface area contributed by atoms with Gasteiger partial charge < -0.3 is 4.74 Å². The average Bonchev–Trinajstić information content (AvgIpc) is 2.87. The summed E-state index contributed by atoms with van der Waals surface area (Å²) in [5.74, 6) is 0.825. The number of rotatable bonds is 3. The van der Waals surface area contributed by atoms with E-state index in [1.54, 1.807) is 18.4 Å². The molecule has 0 radical (unpaired) electrons. The van der Waals surface area contributed by atoms with Gasteiger partial charge in [0.2, 0.25) is 5.28 Å². The highest BCUT2D eigenvalue weighted by Crippen LogP contribution is 2.38. The number of hydrogen-bond donors (Lipinski definition) is 0. The lowest BCUT2D eigenvalue weighted by Crippen LogP contribution is -1.89. The molecule has 0 spiro atoms. The van der Waals surface area contributed by atoms with Crippen molar-refractivity contribution in [3.8, 4) is 5.75 Å². The summed E-state index contributed by atoms with van der Waals surface area (Å²) in [7, 11) is 1.66. The van der Waals surface area contributed by atoms with Crippen LogP contribution in [0.3, 0.4) is 0 Å². The van der Waals surface area contributed by atoms with Gasteiger partial charge in [-0.05, 0) is 35.2 Å². The molecule has 3 aromatic rings. The van der Waals surface area contributed by atoms with E-state index >= 15 is 0 Å². The number of aromatic nitrogens is 2. The summed E-state index contributed by atoms with van der Waals surface area (Å²) in [5, 5.41) is 4.13. The number of fused-ring (bicyclic) bond motifs is 1. The summed E-state index contributed by atoms with van der Waals surface area (Å²) in [6.07, 6.45) is 0. The molecule has 0 unspecified atom stereocenters. The zero-order valence-electron chi connectivity index (χ0n) is 9.96. The molecule has 2 aromatic heterocycles. The maximum absolute atomic E-state index is 5.96. The Morgan fingerprint density at radius 2 is 2.05 bits per heavy atom. The zero-order valence-corrected chi connectivity index (χ0v) is 12.4. The minimum atomic E-state index is 0.271. The number of benzene rings is 1. The Hall–Kier alpha value is -1.30. The van der Waals surface area contributed by atoms with Crippen LogP contribution in [0.15, 0.2) is 45.6 Å². The van der Waals surface area contributed by atoms with E-state index in [2.05, 4.69) is 9.97 Å². The van der Waals surface area contributed by atoms with Gasteiger partial charge >= 0.3 is 0 Å². The molecule has 6 heteroatoms. The molecule has 0 bridgehead atoms. The second-order valence-electron chi connectivity index (χ2n) is 3.69. The minimum Gasteiger partial charge on any atom is -0.496 e. The second-order valence-corrected chi connectivity index (χ2v) is 5.95. The van der Waals surface area contributed by atoms with Crippen molar-refractivity contribution in [2.45, 2.75) is 9.92 Å². The molecule has 0 aliphatic carbocycles. The first-order chi connectivity index (χ1) is 9.28. The molecule has 0 atom stereocenters. The van der Waals surface area contributed by atoms with Crippen LogP contribution in [0, 0.1) is 0 Å². The molecule has 0 saturated carbocycles. The van der Waals surface area contributed by atoms with Crippen LogP contribution < -0.4 is 4.74 Å². The van der Waals surface area contributed by atoms with Crippen molar-refractivity contribution >= 4 is 44.9 Å². The number of para-hydroxylation sites is 1. The van der Waals surface area contributed by atoms with E-state index in [1.165, 1.54) is 11.8 Å². The standard InChI is InChI=1S/C13H9ClN2OS2/c1-17-9-4-2-3-5-10(9)19-12-8-6-7-18-11(8)15-13(14)16-12/h2-7H,1H3. The molecular weight excluding hydrogens is 300 g/mol. The fourth-order valence-electron chi connectivity index (χ4n) is 1.69. The van der Waals surface area contributed by atoms with E-state index in [4.69, 9.17) is 16.3 Å². The Labute approximate surface area is 123 Å². The molecule has 1 aromatic carbocycles. The van der Waals surface area contributed by atoms with Crippen LogP contribution in [-0.4, -0.2) is 17.1 Å². The van der Waals surface area contributed by atoms with Crippen molar-refractivity contribution in [3.63, 3.8) is 0 Å². The number of nitrogens with zero attached hydrogens (tertiary/aromatic N) is 2. The molecule has 19 heavy (non-hydrogen) atoms. The molecule has 3 nitrogen and oxygen atoms in total. The van der Waals surface area contributed by atoms with Crippen molar-refractivity contribution in [1.82, 2.24) is 9.97 Å². The third-order valence-corrected chi connectivity index (χ3v) is 4.58. The van der Waals surface area contributed by atoms with Gasteiger partial charge in [-0.3, -0.25) is 0 Å². The Bertz CT molecular complexity index is 729. The molecular formula is C13H9ClN2OS2. The predicted molar refractivity (Wildman–Crippen MR) is 79.5 cm³/mol. The van der Waals surface area contributed by atoms with E-state index < -0.39 is 0 Å². The smallest absolute Gasteiger partial charge is 0.224 e. The third kappa shape index (κ3) is 2.54. The van der Waals surface area contributed by atoms with Gasteiger partial charge in [-0.1, -0.05) is 23.9 Å². The quantitative estimate of drug-likeness (QED) is 0.527. The summed E-state index contributed by atoms with van der Waals surface area (Å²) >= 11 is 9.05. The van der Waals surface area contributed by atoms with Gasteiger partial charge in [0, 0.05) is 5.39 Å². The van der Waals surface area contributed by atoms with E-state index in [0.29, 0.717) is 0 Å². The number of ether oxygens (including phenoxy) is 1. The van der Waals surface area contributed by atoms with Crippen molar-refractivity contribution in [3.05, 3.63) is 41.0 Å². The number of halogens is 1. The maximum atomic E-state index is 5.96. The SMILES string of the molecule is COc1ccccc1Sc1nc(Cl)nc2sccc12. The van der Waals surface area contributed by atoms with Crippen LogP contribution in [-0.2, 0) is 0 Å². The molecule has 0 aliphatic heterocycles. The highest BCUT2D eigenvalue weighted by molar-refractivity contribution is 7.99. The number of hydrogen-bond acceptors (Lipinski definition) is 5. The number of thiophene rings is 1. The lowest BCUT2D eigenvalue weighted by molar-refractivity contribution is 0.405. The monoisotopic (exact) mass is 308 g/mol. The van der Waals surface area contributed by atoms with Crippen LogP contribution >= 0.6 is 34.7 Å². The second kappa shape index (κ2) is 5.36. The third-order valence-electron chi connectivity index (χ3n) is 2.54.